The van der Waals surface area contributed by atoms with Crippen molar-refractivity contribution in [2.75, 3.05) is 11.9 Å². The van der Waals surface area contributed by atoms with Crippen molar-refractivity contribution in [1.29, 1.82) is 0 Å². The molecule has 1 heterocycles. The van der Waals surface area contributed by atoms with Gasteiger partial charge in [-0.15, -0.1) is 0 Å². The average molecular weight is 460 g/mol. The molecule has 1 N–H and O–H groups in total. The number of likely N-dealkylation sites (tertiary alicyclic amines) is 1. The first kappa shape index (κ1) is 21.3. The number of anilines is 1. The number of benzene rings is 2. The monoisotopic (exact) mass is 458 g/mol. The lowest BCUT2D eigenvalue weighted by Crippen LogP contribution is -2.42. The van der Waals surface area contributed by atoms with Crippen LogP contribution in [-0.2, 0) is 0 Å². The van der Waals surface area contributed by atoms with Crippen molar-refractivity contribution < 1.29 is 9.59 Å². The Kier molecular flexibility index (Phi) is 6.77. The van der Waals surface area contributed by atoms with Crippen LogP contribution in [0.15, 0.2) is 30.3 Å². The van der Waals surface area contributed by atoms with Crippen LogP contribution < -0.4 is 5.32 Å². The fourth-order valence-electron chi connectivity index (χ4n) is 3.28. The minimum atomic E-state index is -0.494. The van der Waals surface area contributed by atoms with Gasteiger partial charge in [0.1, 0.15) is 0 Å². The number of halogens is 4. The highest BCUT2D eigenvalue weighted by Gasteiger charge is 2.28. The highest BCUT2D eigenvalue weighted by Crippen LogP contribution is 2.33. The molecule has 0 aromatic heterocycles. The molecule has 1 atom stereocenters. The maximum absolute atomic E-state index is 13.2. The van der Waals surface area contributed by atoms with Gasteiger partial charge in [0.2, 0.25) is 0 Å². The van der Waals surface area contributed by atoms with E-state index in [0.29, 0.717) is 16.6 Å². The van der Waals surface area contributed by atoms with Crippen LogP contribution in [0.1, 0.15) is 46.9 Å². The van der Waals surface area contributed by atoms with Crippen LogP contribution in [0.4, 0.5) is 5.69 Å². The van der Waals surface area contributed by atoms with E-state index in [0.717, 1.165) is 19.3 Å². The summed E-state index contributed by atoms with van der Waals surface area (Å²) in [6.45, 7) is 2.66. The molecule has 0 spiro atoms. The molecule has 3 rings (SSSR count). The van der Waals surface area contributed by atoms with Gasteiger partial charge in [-0.3, -0.25) is 9.59 Å². The maximum atomic E-state index is 13.2. The Morgan fingerprint density at radius 3 is 2.36 bits per heavy atom. The van der Waals surface area contributed by atoms with Gasteiger partial charge in [0.25, 0.3) is 11.8 Å². The summed E-state index contributed by atoms with van der Waals surface area (Å²) in [7, 11) is 0. The van der Waals surface area contributed by atoms with Crippen molar-refractivity contribution in [2.24, 2.45) is 0 Å². The van der Waals surface area contributed by atoms with E-state index in [1.54, 1.807) is 11.0 Å². The molecule has 28 heavy (non-hydrogen) atoms. The lowest BCUT2D eigenvalue weighted by atomic mass is 10.0. The maximum Gasteiger partial charge on any atom is 0.257 e. The zero-order valence-corrected chi connectivity index (χ0v) is 18.1. The number of piperidine rings is 1. The SMILES string of the molecule is C[C@H]1CCCCN1C(=O)c1cc(Cl)cc(Cl)c1NC(=O)c1ccc(Cl)cc1Cl. The van der Waals surface area contributed by atoms with Crippen molar-refractivity contribution in [1.82, 2.24) is 4.90 Å². The lowest BCUT2D eigenvalue weighted by molar-refractivity contribution is 0.0636. The van der Waals surface area contributed by atoms with E-state index in [4.69, 9.17) is 46.4 Å². The van der Waals surface area contributed by atoms with E-state index in [1.807, 2.05) is 6.92 Å². The first-order chi connectivity index (χ1) is 13.3. The van der Waals surface area contributed by atoms with Crippen LogP contribution in [-0.4, -0.2) is 29.3 Å². The van der Waals surface area contributed by atoms with E-state index in [1.165, 1.54) is 24.3 Å². The van der Waals surface area contributed by atoms with Gasteiger partial charge < -0.3 is 10.2 Å². The standard InChI is InChI=1S/C20H18Cl4N2O2/c1-11-4-2-3-7-26(11)20(28)15-8-13(22)10-17(24)18(15)25-19(27)14-6-5-12(21)9-16(14)23/h5-6,8-11H,2-4,7H2,1H3,(H,25,27)/t11-/m0/s1. The zero-order valence-electron chi connectivity index (χ0n) is 15.1. The number of rotatable bonds is 3. The van der Waals surface area contributed by atoms with E-state index < -0.39 is 5.91 Å². The predicted molar refractivity (Wildman–Crippen MR) is 115 cm³/mol. The molecule has 1 aliphatic rings. The molecule has 1 aliphatic heterocycles. The minimum Gasteiger partial charge on any atom is -0.336 e. The molecule has 2 aromatic rings. The van der Waals surface area contributed by atoms with Gasteiger partial charge in [0.15, 0.2) is 0 Å². The molecule has 1 saturated heterocycles. The summed E-state index contributed by atoms with van der Waals surface area (Å²) in [6.07, 6.45) is 2.95. The second kappa shape index (κ2) is 8.91. The number of carbonyl (C=O) groups is 2. The van der Waals surface area contributed by atoms with Crippen molar-refractivity contribution in [2.45, 2.75) is 32.2 Å². The number of carbonyl (C=O) groups excluding carboxylic acids is 2. The molecule has 0 unspecified atom stereocenters. The van der Waals surface area contributed by atoms with Crippen molar-refractivity contribution in [3.05, 3.63) is 61.5 Å². The number of hydrogen-bond acceptors (Lipinski definition) is 2. The summed E-state index contributed by atoms with van der Waals surface area (Å²) in [5.41, 5.74) is 0.691. The minimum absolute atomic E-state index is 0.105. The summed E-state index contributed by atoms with van der Waals surface area (Å²) in [5.74, 6) is -0.708. The van der Waals surface area contributed by atoms with E-state index in [9.17, 15) is 9.59 Å². The molecule has 0 radical (unpaired) electrons. The molecule has 1 fully saturated rings. The zero-order chi connectivity index (χ0) is 20.4. The van der Waals surface area contributed by atoms with Gasteiger partial charge >= 0.3 is 0 Å². The van der Waals surface area contributed by atoms with Crippen LogP contribution in [0, 0.1) is 0 Å². The highest BCUT2D eigenvalue weighted by atomic mass is 35.5. The van der Waals surface area contributed by atoms with Gasteiger partial charge in [-0.1, -0.05) is 46.4 Å². The normalized spacial score (nSPS) is 16.8. The van der Waals surface area contributed by atoms with E-state index in [-0.39, 0.29) is 38.8 Å². The van der Waals surface area contributed by atoms with Crippen LogP contribution in [0.25, 0.3) is 0 Å². The molecule has 0 saturated carbocycles. The Bertz CT molecular complexity index is 933. The Hall–Kier alpha value is -1.46. The van der Waals surface area contributed by atoms with Crippen LogP contribution in [0.5, 0.6) is 0 Å². The molecule has 0 aliphatic carbocycles. The predicted octanol–water partition coefficient (Wildman–Crippen LogP) is 6.57. The van der Waals surface area contributed by atoms with Crippen LogP contribution >= 0.6 is 46.4 Å². The summed E-state index contributed by atoms with van der Waals surface area (Å²) in [5, 5.41) is 3.83. The summed E-state index contributed by atoms with van der Waals surface area (Å²) >= 11 is 24.5. The van der Waals surface area contributed by atoms with Crippen molar-refractivity contribution in [3.8, 4) is 0 Å². The topological polar surface area (TPSA) is 49.4 Å². The third-order valence-corrected chi connectivity index (χ3v) is 5.83. The third-order valence-electron chi connectivity index (χ3n) is 4.76. The van der Waals surface area contributed by atoms with E-state index in [2.05, 4.69) is 5.32 Å². The molecular formula is C20H18Cl4N2O2. The largest absolute Gasteiger partial charge is 0.336 e. The van der Waals surface area contributed by atoms with Crippen LogP contribution in [0.3, 0.4) is 0 Å². The Morgan fingerprint density at radius 1 is 0.964 bits per heavy atom. The first-order valence-corrected chi connectivity index (χ1v) is 10.4. The number of hydrogen-bond donors (Lipinski definition) is 1. The molecular weight excluding hydrogens is 442 g/mol. The number of nitrogens with one attached hydrogen (secondary N) is 1. The number of amides is 2. The second-order valence-electron chi connectivity index (χ2n) is 6.73. The van der Waals surface area contributed by atoms with Crippen molar-refractivity contribution in [3.63, 3.8) is 0 Å². The molecule has 8 heteroatoms. The quantitative estimate of drug-likeness (QED) is 0.564. The summed E-state index contributed by atoms with van der Waals surface area (Å²) < 4.78 is 0. The fraction of sp³-hybridized carbons (Fsp3) is 0.300. The van der Waals surface area contributed by atoms with Gasteiger partial charge in [-0.05, 0) is 56.5 Å². The first-order valence-electron chi connectivity index (χ1n) is 8.84. The smallest absolute Gasteiger partial charge is 0.257 e. The Labute approximate surface area is 183 Å². The molecule has 148 valence electrons. The second-order valence-corrected chi connectivity index (χ2v) is 8.42. The average Bonchev–Trinajstić information content (AvgIpc) is 2.63. The Balaban J connectivity index is 1.96. The van der Waals surface area contributed by atoms with Crippen molar-refractivity contribution >= 4 is 63.9 Å². The van der Waals surface area contributed by atoms with E-state index >= 15 is 0 Å². The van der Waals surface area contributed by atoms with Crippen LogP contribution in [0.2, 0.25) is 20.1 Å². The molecule has 2 amide bonds. The van der Waals surface area contributed by atoms with Gasteiger partial charge in [0, 0.05) is 22.6 Å². The number of nitrogens with zero attached hydrogens (tertiary/aromatic N) is 1. The Morgan fingerprint density at radius 2 is 1.68 bits per heavy atom. The molecule has 0 bridgehead atoms. The van der Waals surface area contributed by atoms with Gasteiger partial charge in [0.05, 0.1) is 26.9 Å². The summed E-state index contributed by atoms with van der Waals surface area (Å²) in [6, 6.07) is 7.66. The lowest BCUT2D eigenvalue weighted by Gasteiger charge is -2.34. The van der Waals surface area contributed by atoms with Gasteiger partial charge in [-0.25, -0.2) is 0 Å². The van der Waals surface area contributed by atoms with Gasteiger partial charge in [-0.2, -0.15) is 0 Å². The molecule has 2 aromatic carbocycles. The fourth-order valence-corrected chi connectivity index (χ4v) is 4.31. The summed E-state index contributed by atoms with van der Waals surface area (Å²) in [4.78, 5) is 27.7. The third kappa shape index (κ3) is 4.57. The molecule has 4 nitrogen and oxygen atoms in total. The highest BCUT2D eigenvalue weighted by molar-refractivity contribution is 6.39.